The summed E-state index contributed by atoms with van der Waals surface area (Å²) in [4.78, 5) is 15.9. The molecule has 3 N–H and O–H groups in total. The molecule has 4 nitrogen and oxygen atoms in total. The minimum absolute atomic E-state index is 0. The quantitative estimate of drug-likeness (QED) is 0.873. The molecule has 0 aliphatic heterocycles. The predicted octanol–water partition coefficient (Wildman–Crippen LogP) is 1.95. The van der Waals surface area contributed by atoms with Crippen LogP contribution in [-0.2, 0) is 17.6 Å². The molecule has 1 rings (SSSR count). The Balaban J connectivity index is 0. The first-order chi connectivity index (χ1) is 7.40. The molecule has 18 heavy (non-hydrogen) atoms. The van der Waals surface area contributed by atoms with Crippen molar-refractivity contribution in [2.24, 2.45) is 5.73 Å². The summed E-state index contributed by atoms with van der Waals surface area (Å²) in [6.07, 6.45) is 1.26. The highest BCUT2D eigenvalue weighted by atomic mass is 35.5. The van der Waals surface area contributed by atoms with E-state index >= 15 is 0 Å². The van der Waals surface area contributed by atoms with Gasteiger partial charge in [-0.3, -0.25) is 4.79 Å². The normalized spacial score (nSPS) is 10.2. The monoisotopic (exact) mass is 313 g/mol. The number of carbonyl (C=O) groups excluding carboxylic acids is 1. The predicted molar refractivity (Wildman–Crippen MR) is 81.0 cm³/mol. The van der Waals surface area contributed by atoms with Gasteiger partial charge in [0, 0.05) is 17.5 Å². The number of carbonyl (C=O) groups is 1. The molecule has 1 aromatic heterocycles. The van der Waals surface area contributed by atoms with Crippen molar-refractivity contribution >= 4 is 42.1 Å². The average molecular weight is 314 g/mol. The van der Waals surface area contributed by atoms with Gasteiger partial charge in [-0.25, -0.2) is 4.98 Å². The van der Waals surface area contributed by atoms with Crippen LogP contribution in [0, 0.1) is 0 Å². The summed E-state index contributed by atoms with van der Waals surface area (Å²) in [6.45, 7) is 6.30. The van der Waals surface area contributed by atoms with Crippen molar-refractivity contribution < 1.29 is 4.79 Å². The molecule has 0 aliphatic rings. The second-order valence-corrected chi connectivity index (χ2v) is 5.47. The fraction of sp³-hybridized carbons (Fsp3) is 0.636. The highest BCUT2D eigenvalue weighted by Crippen LogP contribution is 2.10. The number of hydrogen-bond donors (Lipinski definition) is 2. The molecule has 0 unspecified atom stereocenters. The molecule has 0 atom stereocenters. The van der Waals surface area contributed by atoms with Gasteiger partial charge in [0.15, 0.2) is 0 Å². The van der Waals surface area contributed by atoms with Gasteiger partial charge in [-0.05, 0) is 20.3 Å². The number of aryl methyl sites for hydroxylation is 1. The van der Waals surface area contributed by atoms with Crippen LogP contribution in [0.4, 0.5) is 0 Å². The third-order valence-electron chi connectivity index (χ3n) is 1.98. The minimum atomic E-state index is -0.369. The Morgan fingerprint density at radius 2 is 2.11 bits per heavy atom. The number of amides is 1. The largest absolute Gasteiger partial charge is 0.354 e. The standard InChI is InChI=1S/C11H19N3OS.2ClH/c1-4-10-14-8(6-16-10)5-9(15)13-7-11(2,3)12;;/h6H,4-5,7,12H2,1-3H3,(H,13,15);2*1H. The number of aromatic nitrogens is 1. The zero-order chi connectivity index (χ0) is 12.2. The molecular formula is C11H21Cl2N3OS. The van der Waals surface area contributed by atoms with E-state index in [0.717, 1.165) is 17.1 Å². The fourth-order valence-corrected chi connectivity index (χ4v) is 1.89. The van der Waals surface area contributed by atoms with E-state index in [-0.39, 0.29) is 36.3 Å². The first kappa shape index (κ1) is 20.0. The summed E-state index contributed by atoms with van der Waals surface area (Å²) in [7, 11) is 0. The maximum absolute atomic E-state index is 11.6. The third-order valence-corrected chi connectivity index (χ3v) is 3.03. The van der Waals surface area contributed by atoms with Crippen molar-refractivity contribution in [3.63, 3.8) is 0 Å². The van der Waals surface area contributed by atoms with Gasteiger partial charge in [0.05, 0.1) is 17.1 Å². The minimum Gasteiger partial charge on any atom is -0.354 e. The Kier molecular flexibility index (Phi) is 9.64. The summed E-state index contributed by atoms with van der Waals surface area (Å²) < 4.78 is 0. The van der Waals surface area contributed by atoms with Crippen LogP contribution in [0.3, 0.4) is 0 Å². The summed E-state index contributed by atoms with van der Waals surface area (Å²) >= 11 is 1.60. The highest BCUT2D eigenvalue weighted by molar-refractivity contribution is 7.09. The SMILES string of the molecule is CCc1nc(CC(=O)NCC(C)(C)N)cs1.Cl.Cl. The average Bonchev–Trinajstić information content (AvgIpc) is 2.61. The summed E-state index contributed by atoms with van der Waals surface area (Å²) in [6, 6.07) is 0. The van der Waals surface area contributed by atoms with E-state index in [0.29, 0.717) is 13.0 Å². The molecule has 1 aromatic rings. The number of nitrogens with zero attached hydrogens (tertiary/aromatic N) is 1. The molecule has 106 valence electrons. The molecule has 0 saturated carbocycles. The van der Waals surface area contributed by atoms with E-state index in [2.05, 4.69) is 17.2 Å². The summed E-state index contributed by atoms with van der Waals surface area (Å²) in [5.41, 5.74) is 6.25. The van der Waals surface area contributed by atoms with E-state index in [9.17, 15) is 4.79 Å². The number of nitrogens with one attached hydrogen (secondary N) is 1. The van der Waals surface area contributed by atoms with Gasteiger partial charge in [-0.15, -0.1) is 36.2 Å². The lowest BCUT2D eigenvalue weighted by Gasteiger charge is -2.18. The Morgan fingerprint density at radius 3 is 2.56 bits per heavy atom. The lowest BCUT2D eigenvalue weighted by Crippen LogP contribution is -2.45. The van der Waals surface area contributed by atoms with E-state index in [1.165, 1.54) is 0 Å². The van der Waals surface area contributed by atoms with Crippen molar-refractivity contribution in [2.45, 2.75) is 39.2 Å². The fourth-order valence-electron chi connectivity index (χ4n) is 1.15. The van der Waals surface area contributed by atoms with Crippen molar-refractivity contribution in [3.05, 3.63) is 16.1 Å². The van der Waals surface area contributed by atoms with Crippen LogP contribution in [0.5, 0.6) is 0 Å². The molecule has 1 amide bonds. The van der Waals surface area contributed by atoms with Crippen molar-refractivity contribution in [1.29, 1.82) is 0 Å². The molecule has 0 aromatic carbocycles. The van der Waals surface area contributed by atoms with Crippen molar-refractivity contribution in [1.82, 2.24) is 10.3 Å². The first-order valence-electron chi connectivity index (χ1n) is 5.39. The van der Waals surface area contributed by atoms with Crippen LogP contribution in [0.2, 0.25) is 0 Å². The van der Waals surface area contributed by atoms with Crippen LogP contribution >= 0.6 is 36.2 Å². The number of hydrogen-bond acceptors (Lipinski definition) is 4. The second kappa shape index (κ2) is 8.69. The maximum atomic E-state index is 11.6. The smallest absolute Gasteiger partial charge is 0.226 e. The summed E-state index contributed by atoms with van der Waals surface area (Å²) in [5, 5.41) is 5.81. The molecule has 1 heterocycles. The van der Waals surface area contributed by atoms with Gasteiger partial charge in [0.25, 0.3) is 0 Å². The number of rotatable bonds is 5. The number of halogens is 2. The highest BCUT2D eigenvalue weighted by Gasteiger charge is 2.13. The second-order valence-electron chi connectivity index (χ2n) is 4.53. The van der Waals surface area contributed by atoms with Gasteiger partial charge in [-0.2, -0.15) is 0 Å². The van der Waals surface area contributed by atoms with Gasteiger partial charge in [0.2, 0.25) is 5.91 Å². The van der Waals surface area contributed by atoms with Gasteiger partial charge >= 0.3 is 0 Å². The van der Waals surface area contributed by atoms with Crippen LogP contribution in [0.15, 0.2) is 5.38 Å². The van der Waals surface area contributed by atoms with Crippen molar-refractivity contribution in [3.8, 4) is 0 Å². The molecule has 0 fully saturated rings. The van der Waals surface area contributed by atoms with Crippen LogP contribution in [0.1, 0.15) is 31.5 Å². The van der Waals surface area contributed by atoms with Crippen LogP contribution < -0.4 is 11.1 Å². The Morgan fingerprint density at radius 1 is 1.50 bits per heavy atom. The number of nitrogens with two attached hydrogens (primary N) is 1. The number of thiazole rings is 1. The lowest BCUT2D eigenvalue weighted by molar-refractivity contribution is -0.120. The Hall–Kier alpha value is -0.360. The zero-order valence-corrected chi connectivity index (χ0v) is 13.3. The first-order valence-corrected chi connectivity index (χ1v) is 6.27. The van der Waals surface area contributed by atoms with E-state index in [1.807, 2.05) is 19.2 Å². The Bertz CT molecular complexity index is 363. The third kappa shape index (κ3) is 7.87. The van der Waals surface area contributed by atoms with Crippen LogP contribution in [-0.4, -0.2) is 23.0 Å². The molecule has 0 spiro atoms. The van der Waals surface area contributed by atoms with E-state index in [4.69, 9.17) is 5.73 Å². The topological polar surface area (TPSA) is 68.0 Å². The molecule has 0 saturated heterocycles. The van der Waals surface area contributed by atoms with Gasteiger partial charge in [0.1, 0.15) is 0 Å². The van der Waals surface area contributed by atoms with Crippen molar-refractivity contribution in [2.75, 3.05) is 6.54 Å². The van der Waals surface area contributed by atoms with E-state index in [1.54, 1.807) is 11.3 Å². The maximum Gasteiger partial charge on any atom is 0.226 e. The molecule has 0 radical (unpaired) electrons. The summed E-state index contributed by atoms with van der Waals surface area (Å²) in [5.74, 6) is -0.0218. The van der Waals surface area contributed by atoms with E-state index < -0.39 is 0 Å². The Labute approximate surface area is 125 Å². The van der Waals surface area contributed by atoms with Crippen LogP contribution in [0.25, 0.3) is 0 Å². The molecular weight excluding hydrogens is 293 g/mol. The zero-order valence-electron chi connectivity index (χ0n) is 10.9. The molecule has 0 bridgehead atoms. The van der Waals surface area contributed by atoms with Gasteiger partial charge in [-0.1, -0.05) is 6.92 Å². The molecule has 0 aliphatic carbocycles. The molecule has 7 heteroatoms. The lowest BCUT2D eigenvalue weighted by atomic mass is 10.1. The van der Waals surface area contributed by atoms with Gasteiger partial charge < -0.3 is 11.1 Å².